The Bertz CT molecular complexity index is 564. The van der Waals surface area contributed by atoms with Crippen molar-refractivity contribution in [2.45, 2.75) is 51.4 Å². The van der Waals surface area contributed by atoms with Crippen LogP contribution in [0.1, 0.15) is 50.4 Å². The third-order valence-corrected chi connectivity index (χ3v) is 6.05. The van der Waals surface area contributed by atoms with Crippen molar-refractivity contribution >= 4 is 27.3 Å². The van der Waals surface area contributed by atoms with Gasteiger partial charge >= 0.3 is 0 Å². The molecule has 0 fully saturated rings. The summed E-state index contributed by atoms with van der Waals surface area (Å²) in [6.07, 6.45) is 2.10. The van der Waals surface area contributed by atoms with E-state index in [1.165, 1.54) is 16.3 Å². The number of benzene rings is 1. The van der Waals surface area contributed by atoms with E-state index in [-0.39, 0.29) is 10.8 Å². The average Bonchev–Trinajstić information content (AvgIpc) is 2.94. The van der Waals surface area contributed by atoms with Crippen LogP contribution in [-0.4, -0.2) is 10.3 Å². The number of hydrogen-bond acceptors (Lipinski definition) is 2. The molecule has 0 bridgehead atoms. The first-order chi connectivity index (χ1) is 9.91. The maximum atomic E-state index is 4.89. The van der Waals surface area contributed by atoms with E-state index in [1.54, 1.807) is 11.3 Å². The van der Waals surface area contributed by atoms with Crippen molar-refractivity contribution in [3.63, 3.8) is 0 Å². The van der Waals surface area contributed by atoms with Gasteiger partial charge in [0.05, 0.1) is 10.7 Å². The summed E-state index contributed by atoms with van der Waals surface area (Å²) in [5.41, 5.74) is 2.87. The van der Waals surface area contributed by atoms with Gasteiger partial charge < -0.3 is 0 Å². The van der Waals surface area contributed by atoms with E-state index in [1.807, 2.05) is 0 Å². The van der Waals surface area contributed by atoms with Crippen LogP contribution < -0.4 is 0 Å². The minimum Gasteiger partial charge on any atom is -0.246 e. The van der Waals surface area contributed by atoms with Gasteiger partial charge in [-0.1, -0.05) is 74.0 Å². The normalized spacial score (nSPS) is 14.9. The molecule has 21 heavy (non-hydrogen) atoms. The summed E-state index contributed by atoms with van der Waals surface area (Å²) in [5.74, 6) is 0. The van der Waals surface area contributed by atoms with Gasteiger partial charge in [-0.05, 0) is 12.0 Å². The van der Waals surface area contributed by atoms with Crippen LogP contribution in [0.2, 0.25) is 0 Å². The lowest BCUT2D eigenvalue weighted by molar-refractivity contribution is 0.461. The monoisotopic (exact) mass is 365 g/mol. The molecule has 1 aromatic carbocycles. The second-order valence-corrected chi connectivity index (χ2v) is 8.19. The van der Waals surface area contributed by atoms with E-state index in [9.17, 15) is 0 Å². The van der Waals surface area contributed by atoms with E-state index in [0.29, 0.717) is 0 Å². The summed E-state index contributed by atoms with van der Waals surface area (Å²) in [7, 11) is 0. The third kappa shape index (κ3) is 3.75. The lowest BCUT2D eigenvalue weighted by Gasteiger charge is -2.30. The molecule has 2 aromatic rings. The highest BCUT2D eigenvalue weighted by Gasteiger charge is 2.31. The molecule has 1 unspecified atom stereocenters. The number of aromatic nitrogens is 1. The SMILES string of the molecule is CCC(CBr)(Cc1nc(C(C)(C)C)cs1)c1ccccc1. The third-order valence-electron chi connectivity index (χ3n) is 4.13. The van der Waals surface area contributed by atoms with Crippen molar-refractivity contribution in [1.82, 2.24) is 4.98 Å². The van der Waals surface area contributed by atoms with Crippen LogP contribution in [0.4, 0.5) is 0 Å². The van der Waals surface area contributed by atoms with E-state index >= 15 is 0 Å². The van der Waals surface area contributed by atoms with Crippen LogP contribution in [-0.2, 0) is 17.3 Å². The minimum absolute atomic E-state index is 0.130. The molecule has 0 amide bonds. The molecular weight excluding hydrogens is 342 g/mol. The number of rotatable bonds is 5. The Balaban J connectivity index is 2.31. The summed E-state index contributed by atoms with van der Waals surface area (Å²) in [4.78, 5) is 4.89. The number of halogens is 1. The molecular formula is C18H24BrNS. The zero-order valence-corrected chi connectivity index (χ0v) is 15.7. The molecule has 1 atom stereocenters. The van der Waals surface area contributed by atoms with Gasteiger partial charge in [0, 0.05) is 28.0 Å². The van der Waals surface area contributed by atoms with Crippen LogP contribution in [0.3, 0.4) is 0 Å². The van der Waals surface area contributed by atoms with Crippen molar-refractivity contribution < 1.29 is 0 Å². The smallest absolute Gasteiger partial charge is 0.0937 e. The summed E-state index contributed by atoms with van der Waals surface area (Å²) in [6.45, 7) is 8.94. The molecule has 114 valence electrons. The highest BCUT2D eigenvalue weighted by molar-refractivity contribution is 9.09. The number of thiazole rings is 1. The topological polar surface area (TPSA) is 12.9 Å². The highest BCUT2D eigenvalue weighted by atomic mass is 79.9. The predicted octanol–water partition coefficient (Wildman–Crippen LogP) is 5.73. The Morgan fingerprint density at radius 3 is 2.29 bits per heavy atom. The van der Waals surface area contributed by atoms with Crippen molar-refractivity contribution in [2.75, 3.05) is 5.33 Å². The average molecular weight is 366 g/mol. The van der Waals surface area contributed by atoms with Crippen LogP contribution >= 0.6 is 27.3 Å². The van der Waals surface area contributed by atoms with Crippen molar-refractivity contribution in [2.24, 2.45) is 0 Å². The molecule has 3 heteroatoms. The zero-order chi connectivity index (χ0) is 15.5. The Hall–Kier alpha value is -0.670. The van der Waals surface area contributed by atoms with Gasteiger partial charge in [-0.2, -0.15) is 0 Å². The summed E-state index contributed by atoms with van der Waals surface area (Å²) < 4.78 is 0. The van der Waals surface area contributed by atoms with Crippen molar-refractivity contribution in [3.8, 4) is 0 Å². The van der Waals surface area contributed by atoms with Gasteiger partial charge in [0.15, 0.2) is 0 Å². The van der Waals surface area contributed by atoms with Gasteiger partial charge in [-0.15, -0.1) is 11.3 Å². The second kappa shape index (κ2) is 6.62. The highest BCUT2D eigenvalue weighted by Crippen LogP contribution is 2.35. The molecule has 0 aliphatic rings. The molecule has 1 aromatic heterocycles. The van der Waals surface area contributed by atoms with E-state index in [0.717, 1.165) is 18.2 Å². The molecule has 0 aliphatic heterocycles. The predicted molar refractivity (Wildman–Crippen MR) is 96.7 cm³/mol. The van der Waals surface area contributed by atoms with Crippen molar-refractivity contribution in [1.29, 1.82) is 0 Å². The summed E-state index contributed by atoms with van der Waals surface area (Å²) >= 11 is 5.55. The quantitative estimate of drug-likeness (QED) is 0.616. The standard InChI is InChI=1S/C18H24BrNS/c1-5-18(13-19,14-9-7-6-8-10-14)11-16-20-15(12-21-16)17(2,3)4/h6-10,12H,5,11,13H2,1-4H3. The maximum absolute atomic E-state index is 4.89. The van der Waals surface area contributed by atoms with Gasteiger partial charge in [-0.3, -0.25) is 0 Å². The first kappa shape index (κ1) is 16.7. The van der Waals surface area contributed by atoms with Crippen molar-refractivity contribution in [3.05, 3.63) is 52.0 Å². The Morgan fingerprint density at radius 2 is 1.81 bits per heavy atom. The van der Waals surface area contributed by atoms with E-state index in [4.69, 9.17) is 4.98 Å². The van der Waals surface area contributed by atoms with Crippen LogP contribution in [0.15, 0.2) is 35.7 Å². The number of nitrogens with zero attached hydrogens (tertiary/aromatic N) is 1. The molecule has 0 spiro atoms. The minimum atomic E-state index is 0.130. The van der Waals surface area contributed by atoms with Crippen LogP contribution in [0.5, 0.6) is 0 Å². The number of hydrogen-bond donors (Lipinski definition) is 0. The fraction of sp³-hybridized carbons (Fsp3) is 0.500. The van der Waals surface area contributed by atoms with Gasteiger partial charge in [0.25, 0.3) is 0 Å². The second-order valence-electron chi connectivity index (χ2n) is 6.69. The first-order valence-corrected chi connectivity index (χ1v) is 9.48. The van der Waals surface area contributed by atoms with E-state index in [2.05, 4.69) is 79.3 Å². The summed E-state index contributed by atoms with van der Waals surface area (Å²) in [5, 5.41) is 4.42. The lowest BCUT2D eigenvalue weighted by atomic mass is 9.77. The lowest BCUT2D eigenvalue weighted by Crippen LogP contribution is -2.30. The summed E-state index contributed by atoms with van der Waals surface area (Å²) in [6, 6.07) is 10.8. The molecule has 0 radical (unpaired) electrons. The van der Waals surface area contributed by atoms with Gasteiger partial charge in [-0.25, -0.2) is 4.98 Å². The Morgan fingerprint density at radius 1 is 1.14 bits per heavy atom. The zero-order valence-electron chi connectivity index (χ0n) is 13.3. The number of alkyl halides is 1. The largest absolute Gasteiger partial charge is 0.246 e. The van der Waals surface area contributed by atoms with Crippen LogP contribution in [0.25, 0.3) is 0 Å². The molecule has 0 saturated carbocycles. The first-order valence-electron chi connectivity index (χ1n) is 7.47. The molecule has 0 saturated heterocycles. The molecule has 0 N–H and O–H groups in total. The fourth-order valence-electron chi connectivity index (χ4n) is 2.47. The van der Waals surface area contributed by atoms with Gasteiger partial charge in [0.1, 0.15) is 0 Å². The van der Waals surface area contributed by atoms with E-state index < -0.39 is 0 Å². The molecule has 0 aliphatic carbocycles. The van der Waals surface area contributed by atoms with Gasteiger partial charge in [0.2, 0.25) is 0 Å². The molecule has 1 nitrogen and oxygen atoms in total. The molecule has 2 rings (SSSR count). The Kier molecular flexibility index (Phi) is 5.26. The fourth-order valence-corrected chi connectivity index (χ4v) is 4.55. The molecule has 1 heterocycles. The maximum Gasteiger partial charge on any atom is 0.0937 e. The van der Waals surface area contributed by atoms with Crippen LogP contribution in [0, 0.1) is 0 Å². The Labute approximate surface area is 141 Å².